The van der Waals surface area contributed by atoms with Gasteiger partial charge in [-0.2, -0.15) is 0 Å². The third-order valence-corrected chi connectivity index (χ3v) is 6.43. The summed E-state index contributed by atoms with van der Waals surface area (Å²) in [6, 6.07) is 6.21. The van der Waals surface area contributed by atoms with Crippen LogP contribution in [0.4, 0.5) is 4.39 Å². The number of hydrogen-bond acceptors (Lipinski definition) is 4. The summed E-state index contributed by atoms with van der Waals surface area (Å²) in [6.45, 7) is 4.79. The molecule has 0 spiro atoms. The van der Waals surface area contributed by atoms with Gasteiger partial charge in [-0.15, -0.1) is 0 Å². The van der Waals surface area contributed by atoms with Gasteiger partial charge in [0.05, 0.1) is 6.54 Å². The Morgan fingerprint density at radius 1 is 1.07 bits per heavy atom. The Balaban J connectivity index is 1.37. The first-order valence-electron chi connectivity index (χ1n) is 10.6. The number of allylic oxidation sites excluding steroid dienone is 3. The molecule has 1 saturated heterocycles. The molecule has 0 amide bonds. The molecule has 2 heterocycles. The van der Waals surface area contributed by atoms with E-state index in [0.29, 0.717) is 19.6 Å². The van der Waals surface area contributed by atoms with E-state index < -0.39 is 5.67 Å². The second kappa shape index (κ2) is 8.23. The number of ketones is 2. The van der Waals surface area contributed by atoms with Crippen LogP contribution in [0.25, 0.3) is 0 Å². The molecule has 3 aliphatic rings. The average Bonchev–Trinajstić information content (AvgIpc) is 2.85. The van der Waals surface area contributed by atoms with Gasteiger partial charge in [-0.05, 0) is 48.6 Å². The van der Waals surface area contributed by atoms with Crippen molar-refractivity contribution in [1.82, 2.24) is 9.80 Å². The second-order valence-corrected chi connectivity index (χ2v) is 8.58. The maximum atomic E-state index is 15.3. The fourth-order valence-electron chi connectivity index (χ4n) is 4.54. The van der Waals surface area contributed by atoms with Gasteiger partial charge in [0.1, 0.15) is 5.78 Å². The number of hydrogen-bond donors (Lipinski definition) is 0. The molecule has 4 rings (SSSR count). The zero-order valence-electron chi connectivity index (χ0n) is 17.1. The first kappa shape index (κ1) is 20.0. The monoisotopic (exact) mass is 396 g/mol. The first-order valence-corrected chi connectivity index (χ1v) is 10.6. The summed E-state index contributed by atoms with van der Waals surface area (Å²) in [7, 11) is 0. The second-order valence-electron chi connectivity index (χ2n) is 8.58. The van der Waals surface area contributed by atoms with Crippen molar-refractivity contribution in [1.29, 1.82) is 0 Å². The highest BCUT2D eigenvalue weighted by Gasteiger charge is 2.41. The molecule has 2 aliphatic heterocycles. The van der Waals surface area contributed by atoms with E-state index in [0.717, 1.165) is 31.5 Å². The minimum Gasteiger partial charge on any atom is -0.371 e. The average molecular weight is 397 g/mol. The van der Waals surface area contributed by atoms with Crippen LogP contribution in [0.1, 0.15) is 36.5 Å². The first-order chi connectivity index (χ1) is 13.9. The van der Waals surface area contributed by atoms with Crippen molar-refractivity contribution >= 4 is 11.6 Å². The predicted octanol–water partition coefficient (Wildman–Crippen LogP) is 3.05. The minimum absolute atomic E-state index is 0.0795. The fourth-order valence-corrected chi connectivity index (χ4v) is 4.54. The van der Waals surface area contributed by atoms with E-state index in [-0.39, 0.29) is 30.8 Å². The quantitative estimate of drug-likeness (QED) is 0.741. The highest BCUT2D eigenvalue weighted by atomic mass is 19.1. The molecular formula is C24H29FN2O2. The van der Waals surface area contributed by atoms with Gasteiger partial charge < -0.3 is 4.90 Å². The lowest BCUT2D eigenvalue weighted by molar-refractivity contribution is -0.133. The molecule has 0 radical (unpaired) electrons. The number of Topliss-reactive ketones (excluding diaryl/α,β-unsaturated/α-hetero) is 2. The highest BCUT2D eigenvalue weighted by molar-refractivity contribution is 5.89. The van der Waals surface area contributed by atoms with Crippen molar-refractivity contribution in [3.8, 4) is 0 Å². The molecule has 29 heavy (non-hydrogen) atoms. The van der Waals surface area contributed by atoms with Crippen molar-refractivity contribution in [3.63, 3.8) is 0 Å². The van der Waals surface area contributed by atoms with Crippen molar-refractivity contribution in [2.24, 2.45) is 0 Å². The molecule has 0 saturated carbocycles. The summed E-state index contributed by atoms with van der Waals surface area (Å²) in [5, 5.41) is 0. The molecule has 0 aromatic heterocycles. The third kappa shape index (κ3) is 4.50. The van der Waals surface area contributed by atoms with Crippen LogP contribution in [0.2, 0.25) is 0 Å². The maximum Gasteiger partial charge on any atom is 0.174 e. The molecule has 4 nitrogen and oxygen atoms in total. The van der Waals surface area contributed by atoms with E-state index in [1.54, 1.807) is 6.92 Å². The Bertz CT molecular complexity index is 866. The molecule has 0 bridgehead atoms. The normalized spacial score (nSPS) is 21.0. The molecule has 1 aromatic rings. The summed E-state index contributed by atoms with van der Waals surface area (Å²) >= 11 is 0. The van der Waals surface area contributed by atoms with Crippen LogP contribution < -0.4 is 0 Å². The zero-order valence-corrected chi connectivity index (χ0v) is 17.1. The summed E-state index contributed by atoms with van der Waals surface area (Å²) in [5.41, 5.74) is 3.06. The van der Waals surface area contributed by atoms with Crippen molar-refractivity contribution in [3.05, 3.63) is 58.8 Å². The maximum absolute atomic E-state index is 15.3. The van der Waals surface area contributed by atoms with E-state index in [9.17, 15) is 9.59 Å². The van der Waals surface area contributed by atoms with Crippen LogP contribution in [0, 0.1) is 0 Å². The van der Waals surface area contributed by atoms with Crippen LogP contribution in [0.15, 0.2) is 42.1 Å². The topological polar surface area (TPSA) is 40.6 Å². The van der Waals surface area contributed by atoms with E-state index >= 15 is 4.39 Å². The van der Waals surface area contributed by atoms with Crippen molar-refractivity contribution < 1.29 is 14.0 Å². The lowest BCUT2D eigenvalue weighted by Crippen LogP contribution is -2.48. The van der Waals surface area contributed by atoms with Crippen LogP contribution >= 0.6 is 0 Å². The van der Waals surface area contributed by atoms with Gasteiger partial charge >= 0.3 is 0 Å². The summed E-state index contributed by atoms with van der Waals surface area (Å²) in [5.74, 6) is -0.240. The van der Waals surface area contributed by atoms with Gasteiger partial charge in [-0.25, -0.2) is 4.39 Å². The van der Waals surface area contributed by atoms with Crippen LogP contribution in [-0.4, -0.2) is 59.8 Å². The number of piperidine rings is 1. The SMILES string of the molecule is CC(=O)CN1CCC(F)(C(=O)Cc2ccc3c(c2)CCN(C2=CC=C2)CC3)CC1. The number of benzene rings is 1. The number of rotatable bonds is 6. The van der Waals surface area contributed by atoms with E-state index in [4.69, 9.17) is 0 Å². The highest BCUT2D eigenvalue weighted by Crippen LogP contribution is 2.30. The molecule has 154 valence electrons. The van der Waals surface area contributed by atoms with Gasteiger partial charge in [-0.3, -0.25) is 14.5 Å². The van der Waals surface area contributed by atoms with Gasteiger partial charge in [0.2, 0.25) is 0 Å². The van der Waals surface area contributed by atoms with E-state index in [1.165, 1.54) is 16.8 Å². The van der Waals surface area contributed by atoms with Crippen molar-refractivity contribution in [2.75, 3.05) is 32.7 Å². The van der Waals surface area contributed by atoms with Gasteiger partial charge in [-0.1, -0.05) is 24.3 Å². The Hall–Kier alpha value is -2.27. The zero-order chi connectivity index (χ0) is 20.4. The summed E-state index contributed by atoms with van der Waals surface area (Å²) in [6.07, 6.45) is 8.80. The molecule has 0 atom stereocenters. The van der Waals surface area contributed by atoms with E-state index in [1.807, 2.05) is 11.0 Å². The number of alkyl halides is 1. The number of fused-ring (bicyclic) bond motifs is 1. The largest absolute Gasteiger partial charge is 0.371 e. The molecular weight excluding hydrogens is 367 g/mol. The standard InChI is InChI=1S/C24H29FN2O2/c1-18(28)17-26-13-9-24(25,10-14-26)23(29)16-19-5-6-20-7-11-27(22-3-2-4-22)12-8-21(20)15-19/h2-6,15H,7-14,16-17H2,1H3. The third-order valence-electron chi connectivity index (χ3n) is 6.43. The minimum atomic E-state index is -1.76. The number of carbonyl (C=O) groups is 2. The molecule has 0 N–H and O–H groups in total. The smallest absolute Gasteiger partial charge is 0.174 e. The van der Waals surface area contributed by atoms with Gasteiger partial charge in [0, 0.05) is 51.1 Å². The number of likely N-dealkylation sites (tertiary alicyclic amines) is 1. The molecule has 1 fully saturated rings. The van der Waals surface area contributed by atoms with E-state index in [2.05, 4.69) is 35.3 Å². The molecule has 1 aliphatic carbocycles. The molecule has 5 heteroatoms. The predicted molar refractivity (Wildman–Crippen MR) is 112 cm³/mol. The molecule has 1 aromatic carbocycles. The van der Waals surface area contributed by atoms with Crippen LogP contribution in [0.3, 0.4) is 0 Å². The Kier molecular flexibility index (Phi) is 5.68. The lowest BCUT2D eigenvalue weighted by atomic mass is 9.85. The Morgan fingerprint density at radius 2 is 1.76 bits per heavy atom. The van der Waals surface area contributed by atoms with Gasteiger partial charge in [0.25, 0.3) is 0 Å². The molecule has 0 unspecified atom stereocenters. The lowest BCUT2D eigenvalue weighted by Gasteiger charge is -2.35. The number of halogens is 1. The van der Waals surface area contributed by atoms with Gasteiger partial charge in [0.15, 0.2) is 11.5 Å². The van der Waals surface area contributed by atoms with Crippen LogP contribution in [-0.2, 0) is 28.9 Å². The Labute approximate surface area is 172 Å². The Morgan fingerprint density at radius 3 is 2.38 bits per heavy atom. The number of nitrogens with zero attached hydrogens (tertiary/aromatic N) is 2. The number of carbonyl (C=O) groups excluding carboxylic acids is 2. The summed E-state index contributed by atoms with van der Waals surface area (Å²) in [4.78, 5) is 28.4. The fraction of sp³-hybridized carbons (Fsp3) is 0.500. The van der Waals surface area contributed by atoms with Crippen molar-refractivity contribution in [2.45, 2.75) is 44.7 Å². The van der Waals surface area contributed by atoms with Crippen LogP contribution in [0.5, 0.6) is 0 Å². The summed E-state index contributed by atoms with van der Waals surface area (Å²) < 4.78 is 15.3.